The lowest BCUT2D eigenvalue weighted by molar-refractivity contribution is -0.266. The summed E-state index contributed by atoms with van der Waals surface area (Å²) in [5.74, 6) is 0. The average molecular weight is 144 g/mol. The highest BCUT2D eigenvalue weighted by atomic mass is 32.2. The van der Waals surface area contributed by atoms with Crippen LogP contribution in [0, 0.1) is 0 Å². The highest BCUT2D eigenvalue weighted by Gasteiger charge is 2.29. The first kappa shape index (κ1) is 7.84. The lowest BCUT2D eigenvalue weighted by Crippen LogP contribution is -2.06. The average Bonchev–Trinajstić information content (AvgIpc) is 1.59. The second-order valence-corrected chi connectivity index (χ2v) is 1.48. The van der Waals surface area contributed by atoms with Gasteiger partial charge in [0.2, 0.25) is 0 Å². The molecule has 0 saturated heterocycles. The van der Waals surface area contributed by atoms with Gasteiger partial charge < -0.3 is 0 Å². The first-order chi connectivity index (χ1) is 3.56. The molecule has 0 amide bonds. The van der Waals surface area contributed by atoms with Crippen molar-refractivity contribution in [2.45, 2.75) is 6.36 Å². The predicted molar refractivity (Wildman–Crippen MR) is 24.9 cm³/mol. The van der Waals surface area contributed by atoms with Crippen molar-refractivity contribution in [2.24, 2.45) is 0 Å². The molecule has 1 nitrogen and oxygen atoms in total. The highest BCUT2D eigenvalue weighted by molar-refractivity contribution is 7.97. The van der Waals surface area contributed by atoms with Gasteiger partial charge in [-0.15, -0.1) is 13.2 Å². The zero-order chi connectivity index (χ0) is 6.62. The predicted octanol–water partition coefficient (Wildman–Crippen LogP) is 2.31. The van der Waals surface area contributed by atoms with E-state index < -0.39 is 6.36 Å². The summed E-state index contributed by atoms with van der Waals surface area (Å²) in [6, 6.07) is 0. The molecule has 0 heterocycles. The first-order valence-corrected chi connectivity index (χ1v) is 2.39. The van der Waals surface area contributed by atoms with Gasteiger partial charge in [-0.05, 0) is 5.41 Å². The second kappa shape index (κ2) is 2.99. The van der Waals surface area contributed by atoms with Crippen LogP contribution in [0.4, 0.5) is 13.2 Å². The van der Waals surface area contributed by atoms with E-state index in [2.05, 4.69) is 10.8 Å². The molecule has 0 bridgehead atoms. The van der Waals surface area contributed by atoms with Crippen LogP contribution in [0.2, 0.25) is 0 Å². The van der Waals surface area contributed by atoms with E-state index in [-0.39, 0.29) is 12.0 Å². The second-order valence-electron chi connectivity index (χ2n) is 0.792. The summed E-state index contributed by atoms with van der Waals surface area (Å²) in [5, 5.41) is 0.952. The summed E-state index contributed by atoms with van der Waals surface area (Å²) in [7, 11) is 0. The maximum Gasteiger partial charge on any atom is 0.533 e. The van der Waals surface area contributed by atoms with Crippen LogP contribution < -0.4 is 0 Å². The summed E-state index contributed by atoms with van der Waals surface area (Å²) < 4.78 is 36.0. The van der Waals surface area contributed by atoms with Gasteiger partial charge in [-0.25, -0.2) is 4.18 Å². The van der Waals surface area contributed by atoms with Gasteiger partial charge in [-0.3, -0.25) is 0 Å². The van der Waals surface area contributed by atoms with Crippen LogP contribution in [0.3, 0.4) is 0 Å². The van der Waals surface area contributed by atoms with E-state index in [4.69, 9.17) is 0 Å². The third kappa shape index (κ3) is 5.84. The molecule has 0 aliphatic rings. The van der Waals surface area contributed by atoms with E-state index in [1.807, 2.05) is 0 Å². The van der Waals surface area contributed by atoms with Gasteiger partial charge in [0.05, 0.1) is 0 Å². The van der Waals surface area contributed by atoms with Gasteiger partial charge in [-0.2, -0.15) is 0 Å². The molecule has 0 aromatic carbocycles. The molecule has 0 aromatic heterocycles. The standard InChI is InChI=1S/C3H3F3OS/c1-2-8-7-3(4,5)6/h2H,1H2. The Morgan fingerprint density at radius 3 is 2.12 bits per heavy atom. The third-order valence-corrected chi connectivity index (χ3v) is 0.632. The minimum Gasteiger partial charge on any atom is -0.216 e. The fourth-order valence-corrected chi connectivity index (χ4v) is 0.266. The fraction of sp³-hybridized carbons (Fsp3) is 0.333. The Hall–Kier alpha value is -0.160. The van der Waals surface area contributed by atoms with E-state index in [0.29, 0.717) is 0 Å². The fourth-order valence-electron chi connectivity index (χ4n) is 0.0886. The van der Waals surface area contributed by atoms with E-state index in [1.54, 1.807) is 0 Å². The summed E-state index contributed by atoms with van der Waals surface area (Å²) >= 11 is 0.154. The van der Waals surface area contributed by atoms with Gasteiger partial charge >= 0.3 is 6.36 Å². The van der Waals surface area contributed by atoms with Crippen molar-refractivity contribution in [3.63, 3.8) is 0 Å². The molecule has 0 aliphatic carbocycles. The van der Waals surface area contributed by atoms with Crippen LogP contribution >= 0.6 is 12.0 Å². The zero-order valence-electron chi connectivity index (χ0n) is 3.73. The summed E-state index contributed by atoms with van der Waals surface area (Å²) in [5.41, 5.74) is 0. The topological polar surface area (TPSA) is 9.23 Å². The molecule has 0 saturated carbocycles. The monoisotopic (exact) mass is 144 g/mol. The molecule has 0 atom stereocenters. The molecule has 48 valence electrons. The maximum atomic E-state index is 11.0. The van der Waals surface area contributed by atoms with Crippen molar-refractivity contribution in [1.82, 2.24) is 0 Å². The van der Waals surface area contributed by atoms with Gasteiger partial charge in [-0.1, -0.05) is 6.58 Å². The minimum atomic E-state index is -4.56. The smallest absolute Gasteiger partial charge is 0.216 e. The van der Waals surface area contributed by atoms with Gasteiger partial charge in [0.1, 0.15) is 0 Å². The lowest BCUT2D eigenvalue weighted by Gasteiger charge is -2.00. The van der Waals surface area contributed by atoms with Gasteiger partial charge in [0, 0.05) is 12.0 Å². The van der Waals surface area contributed by atoms with Crippen molar-refractivity contribution in [1.29, 1.82) is 0 Å². The Kier molecular flexibility index (Phi) is 2.93. The summed E-state index contributed by atoms with van der Waals surface area (Å²) in [6.07, 6.45) is -4.56. The molecular formula is C3H3F3OS. The molecule has 0 aliphatic heterocycles. The quantitative estimate of drug-likeness (QED) is 0.550. The van der Waals surface area contributed by atoms with Gasteiger partial charge in [0.15, 0.2) is 0 Å². The molecule has 0 fully saturated rings. The zero-order valence-corrected chi connectivity index (χ0v) is 4.55. The van der Waals surface area contributed by atoms with Crippen molar-refractivity contribution in [2.75, 3.05) is 0 Å². The molecule has 0 rings (SSSR count). The van der Waals surface area contributed by atoms with Crippen LogP contribution in [0.15, 0.2) is 12.0 Å². The van der Waals surface area contributed by atoms with Crippen LogP contribution in [0.5, 0.6) is 0 Å². The number of rotatable bonds is 2. The SMILES string of the molecule is C=CSOC(F)(F)F. The molecule has 0 radical (unpaired) electrons. The normalized spacial score (nSPS) is 11.4. The maximum absolute atomic E-state index is 11.0. The van der Waals surface area contributed by atoms with Crippen molar-refractivity contribution >= 4 is 12.0 Å². The third-order valence-electron chi connectivity index (χ3n) is 0.211. The van der Waals surface area contributed by atoms with Crippen molar-refractivity contribution < 1.29 is 17.4 Å². The Balaban J connectivity index is 3.24. The molecule has 5 heteroatoms. The van der Waals surface area contributed by atoms with E-state index >= 15 is 0 Å². The van der Waals surface area contributed by atoms with Crippen molar-refractivity contribution in [3.05, 3.63) is 12.0 Å². The van der Waals surface area contributed by atoms with Gasteiger partial charge in [0.25, 0.3) is 0 Å². The van der Waals surface area contributed by atoms with Crippen LogP contribution in [0.25, 0.3) is 0 Å². The Morgan fingerprint density at radius 1 is 1.50 bits per heavy atom. The largest absolute Gasteiger partial charge is 0.533 e. The Labute approximate surface area is 48.7 Å². The minimum absolute atomic E-state index is 0.154. The molecule has 0 aromatic rings. The molecule has 0 spiro atoms. The van der Waals surface area contributed by atoms with Crippen LogP contribution in [-0.4, -0.2) is 6.36 Å². The number of hydrogen-bond acceptors (Lipinski definition) is 2. The highest BCUT2D eigenvalue weighted by Crippen LogP contribution is 2.23. The molecular weight excluding hydrogens is 141 g/mol. The molecule has 0 unspecified atom stereocenters. The molecule has 0 N–H and O–H groups in total. The molecule has 8 heavy (non-hydrogen) atoms. The number of hydrogen-bond donors (Lipinski definition) is 0. The number of halogens is 3. The summed E-state index contributed by atoms with van der Waals surface area (Å²) in [4.78, 5) is 0. The van der Waals surface area contributed by atoms with E-state index in [1.165, 1.54) is 0 Å². The Morgan fingerprint density at radius 2 is 2.00 bits per heavy atom. The lowest BCUT2D eigenvalue weighted by atomic mass is 11.3. The first-order valence-electron chi connectivity index (χ1n) is 1.58. The van der Waals surface area contributed by atoms with Crippen LogP contribution in [-0.2, 0) is 4.18 Å². The van der Waals surface area contributed by atoms with E-state index in [0.717, 1.165) is 5.41 Å². The Bertz CT molecular complexity index is 79.1. The van der Waals surface area contributed by atoms with E-state index in [9.17, 15) is 13.2 Å². The van der Waals surface area contributed by atoms with Crippen molar-refractivity contribution in [3.8, 4) is 0 Å². The summed E-state index contributed by atoms with van der Waals surface area (Å²) in [6.45, 7) is 3.00. The number of alkyl halides is 3. The van der Waals surface area contributed by atoms with Crippen LogP contribution in [0.1, 0.15) is 0 Å².